The number of hydrogen-bond donors (Lipinski definition) is 1. The van der Waals surface area contributed by atoms with Crippen LogP contribution in [0.2, 0.25) is 0 Å². The van der Waals surface area contributed by atoms with E-state index >= 15 is 0 Å². The zero-order valence-corrected chi connectivity index (χ0v) is 13.2. The second kappa shape index (κ2) is 6.32. The second-order valence-electron chi connectivity index (χ2n) is 6.38. The lowest BCUT2D eigenvalue weighted by atomic mass is 9.95. The molecule has 0 bridgehead atoms. The molecule has 4 nitrogen and oxygen atoms in total. The minimum atomic E-state index is -0.257. The first-order valence-electron chi connectivity index (χ1n) is 8.33. The number of carbonyl (C=O) groups excluding carboxylic acids is 1. The quantitative estimate of drug-likeness (QED) is 0.943. The first-order valence-corrected chi connectivity index (χ1v) is 8.33. The van der Waals surface area contributed by atoms with E-state index in [4.69, 9.17) is 4.74 Å². The van der Waals surface area contributed by atoms with Crippen LogP contribution in [0.3, 0.4) is 0 Å². The summed E-state index contributed by atoms with van der Waals surface area (Å²) < 4.78 is 19.6. The van der Waals surface area contributed by atoms with Gasteiger partial charge >= 0.3 is 0 Å². The molecule has 2 heterocycles. The smallest absolute Gasteiger partial charge is 0.226 e. The molecule has 124 valence electrons. The molecule has 1 saturated heterocycles. The van der Waals surface area contributed by atoms with Crippen molar-refractivity contribution in [2.45, 2.75) is 31.4 Å². The first-order chi connectivity index (χ1) is 11.7. The molecule has 1 fully saturated rings. The van der Waals surface area contributed by atoms with Gasteiger partial charge in [-0.2, -0.15) is 0 Å². The van der Waals surface area contributed by atoms with E-state index < -0.39 is 0 Å². The summed E-state index contributed by atoms with van der Waals surface area (Å²) in [5.41, 5.74) is 2.56. The van der Waals surface area contributed by atoms with Gasteiger partial charge in [-0.1, -0.05) is 18.2 Å². The van der Waals surface area contributed by atoms with E-state index in [0.717, 1.165) is 23.1 Å². The van der Waals surface area contributed by atoms with Crippen LogP contribution in [0.5, 0.6) is 0 Å². The molecule has 0 saturated carbocycles. The number of carbonyl (C=O) groups is 1. The third-order valence-electron chi connectivity index (χ3n) is 4.97. The highest BCUT2D eigenvalue weighted by atomic mass is 19.1. The van der Waals surface area contributed by atoms with Crippen molar-refractivity contribution < 1.29 is 13.9 Å². The highest BCUT2D eigenvalue weighted by Gasteiger charge is 2.37. The monoisotopic (exact) mass is 326 g/mol. The van der Waals surface area contributed by atoms with Crippen LogP contribution in [-0.4, -0.2) is 17.5 Å². The zero-order chi connectivity index (χ0) is 16.5. The topological polar surface area (TPSA) is 51.2 Å². The molecule has 1 amide bonds. The third-order valence-corrected chi connectivity index (χ3v) is 4.97. The van der Waals surface area contributed by atoms with E-state index in [0.29, 0.717) is 19.4 Å². The van der Waals surface area contributed by atoms with Gasteiger partial charge in [0.05, 0.1) is 18.1 Å². The van der Waals surface area contributed by atoms with Crippen molar-refractivity contribution >= 4 is 5.91 Å². The first kappa shape index (κ1) is 15.3. The highest BCUT2D eigenvalue weighted by Crippen LogP contribution is 2.37. The number of benzene rings is 1. The summed E-state index contributed by atoms with van der Waals surface area (Å²) in [6.45, 7) is 0.563. The Hall–Kier alpha value is -2.27. The van der Waals surface area contributed by atoms with Crippen molar-refractivity contribution in [2.75, 3.05) is 6.61 Å². The molecule has 0 radical (unpaired) electrons. The Morgan fingerprint density at radius 3 is 3.00 bits per heavy atom. The number of halogens is 1. The number of rotatable bonds is 3. The van der Waals surface area contributed by atoms with Gasteiger partial charge in [0.25, 0.3) is 0 Å². The van der Waals surface area contributed by atoms with E-state index in [9.17, 15) is 9.18 Å². The molecule has 1 N–H and O–H groups in total. The van der Waals surface area contributed by atoms with Gasteiger partial charge in [0, 0.05) is 19.0 Å². The molecule has 5 heteroatoms. The minimum Gasteiger partial charge on any atom is -0.373 e. The van der Waals surface area contributed by atoms with Gasteiger partial charge in [0.15, 0.2) is 0 Å². The van der Waals surface area contributed by atoms with Crippen molar-refractivity contribution in [1.82, 2.24) is 10.3 Å². The number of nitrogens with one attached hydrogen (secondary N) is 1. The molecule has 2 aromatic rings. The average molecular weight is 326 g/mol. The number of amides is 1. The van der Waals surface area contributed by atoms with Crippen LogP contribution in [0, 0.1) is 11.7 Å². The molecule has 2 aliphatic rings. The Balaban J connectivity index is 1.50. The van der Waals surface area contributed by atoms with E-state index in [1.807, 2.05) is 18.2 Å². The molecule has 3 atom stereocenters. The van der Waals surface area contributed by atoms with E-state index in [1.165, 1.54) is 6.07 Å². The van der Waals surface area contributed by atoms with Gasteiger partial charge in [0.1, 0.15) is 5.82 Å². The van der Waals surface area contributed by atoms with Crippen LogP contribution in [0.1, 0.15) is 41.7 Å². The maximum Gasteiger partial charge on any atom is 0.226 e. The van der Waals surface area contributed by atoms with E-state index in [2.05, 4.69) is 10.3 Å². The highest BCUT2D eigenvalue weighted by molar-refractivity contribution is 5.80. The maximum absolute atomic E-state index is 13.8. The van der Waals surface area contributed by atoms with Crippen LogP contribution in [0.4, 0.5) is 4.39 Å². The normalized spacial score (nSPS) is 25.5. The summed E-state index contributed by atoms with van der Waals surface area (Å²) in [4.78, 5) is 16.9. The molecule has 0 spiro atoms. The second-order valence-corrected chi connectivity index (χ2v) is 6.38. The Morgan fingerprint density at radius 1 is 1.25 bits per heavy atom. The van der Waals surface area contributed by atoms with Gasteiger partial charge < -0.3 is 10.1 Å². The largest absolute Gasteiger partial charge is 0.373 e. The van der Waals surface area contributed by atoms with Crippen molar-refractivity contribution in [1.29, 1.82) is 0 Å². The minimum absolute atomic E-state index is 0.0246. The lowest BCUT2D eigenvalue weighted by Gasteiger charge is -2.21. The predicted octanol–water partition coefficient (Wildman–Crippen LogP) is 3.10. The van der Waals surface area contributed by atoms with Crippen LogP contribution >= 0.6 is 0 Å². The molecular formula is C19H19FN2O2. The summed E-state index contributed by atoms with van der Waals surface area (Å²) in [6, 6.07) is 8.76. The van der Waals surface area contributed by atoms with Crippen molar-refractivity contribution in [2.24, 2.45) is 5.92 Å². The van der Waals surface area contributed by atoms with Crippen LogP contribution in [0.25, 0.3) is 0 Å². The molecule has 1 unspecified atom stereocenters. The van der Waals surface area contributed by atoms with Crippen LogP contribution in [0.15, 0.2) is 42.7 Å². The van der Waals surface area contributed by atoms with Crippen LogP contribution < -0.4 is 5.32 Å². The molecule has 1 aromatic heterocycles. The third kappa shape index (κ3) is 2.69. The standard InChI is InChI=1S/C19H19FN2O2/c20-16-5-1-4-14-13(16)6-7-17(14)22-19(23)15-8-10-24-18(15)12-3-2-9-21-11-12/h1-5,9,11,15,17-18H,6-8,10H2,(H,22,23)/t15-,17?,18+/m0/s1. The zero-order valence-electron chi connectivity index (χ0n) is 13.2. The fraction of sp³-hybridized carbons (Fsp3) is 0.368. The number of aromatic nitrogens is 1. The predicted molar refractivity (Wildman–Crippen MR) is 86.6 cm³/mol. The molecule has 1 aliphatic carbocycles. The molecule has 4 rings (SSSR count). The Kier molecular flexibility index (Phi) is 4.02. The Morgan fingerprint density at radius 2 is 2.17 bits per heavy atom. The Labute approximate surface area is 140 Å². The molecule has 1 aromatic carbocycles. The van der Waals surface area contributed by atoms with Crippen molar-refractivity contribution in [3.63, 3.8) is 0 Å². The number of fused-ring (bicyclic) bond motifs is 1. The van der Waals surface area contributed by atoms with Crippen molar-refractivity contribution in [3.05, 3.63) is 65.2 Å². The Bertz CT molecular complexity index is 750. The van der Waals surface area contributed by atoms with Crippen LogP contribution in [-0.2, 0) is 16.0 Å². The average Bonchev–Trinajstić information content (AvgIpc) is 3.24. The summed E-state index contributed by atoms with van der Waals surface area (Å²) >= 11 is 0. The van der Waals surface area contributed by atoms with Gasteiger partial charge in [-0.3, -0.25) is 9.78 Å². The fourth-order valence-electron chi connectivity index (χ4n) is 3.77. The van der Waals surface area contributed by atoms with Crippen molar-refractivity contribution in [3.8, 4) is 0 Å². The van der Waals surface area contributed by atoms with Gasteiger partial charge in [-0.05, 0) is 48.1 Å². The van der Waals surface area contributed by atoms with Gasteiger partial charge in [0.2, 0.25) is 5.91 Å². The summed E-state index contributed by atoms with van der Waals surface area (Å²) in [5.74, 6) is -0.433. The number of pyridine rings is 1. The summed E-state index contributed by atoms with van der Waals surface area (Å²) in [6.07, 6.45) is 5.29. The molecule has 24 heavy (non-hydrogen) atoms. The SMILES string of the molecule is O=C(NC1CCc2c(F)cccc21)[C@H]1CCO[C@@H]1c1cccnc1. The number of hydrogen-bond acceptors (Lipinski definition) is 3. The van der Waals surface area contributed by atoms with Gasteiger partial charge in [-0.15, -0.1) is 0 Å². The lowest BCUT2D eigenvalue weighted by molar-refractivity contribution is -0.127. The molecular weight excluding hydrogens is 307 g/mol. The van der Waals surface area contributed by atoms with Gasteiger partial charge in [-0.25, -0.2) is 4.39 Å². The van der Waals surface area contributed by atoms with E-state index in [-0.39, 0.29) is 29.8 Å². The summed E-state index contributed by atoms with van der Waals surface area (Å²) in [7, 11) is 0. The maximum atomic E-state index is 13.8. The summed E-state index contributed by atoms with van der Waals surface area (Å²) in [5, 5.41) is 3.10. The fourth-order valence-corrected chi connectivity index (χ4v) is 3.77. The molecule has 1 aliphatic heterocycles. The number of ether oxygens (including phenoxy) is 1. The lowest BCUT2D eigenvalue weighted by Crippen LogP contribution is -2.34. The van der Waals surface area contributed by atoms with E-state index in [1.54, 1.807) is 18.5 Å². The number of nitrogens with zero attached hydrogens (tertiary/aromatic N) is 1.